The van der Waals surface area contributed by atoms with E-state index in [1.54, 1.807) is 4.90 Å². The minimum atomic E-state index is -0.499. The fourth-order valence-electron chi connectivity index (χ4n) is 3.64. The van der Waals surface area contributed by atoms with Crippen molar-refractivity contribution in [2.24, 2.45) is 0 Å². The second-order valence-corrected chi connectivity index (χ2v) is 9.03. The topological polar surface area (TPSA) is 48.0 Å². The number of hydrogen-bond donors (Lipinski definition) is 0. The third-order valence-corrected chi connectivity index (χ3v) is 5.19. The second-order valence-electron chi connectivity index (χ2n) is 9.03. The van der Waals surface area contributed by atoms with Crippen molar-refractivity contribution in [1.29, 1.82) is 0 Å². The molecule has 0 aliphatic carbocycles. The van der Waals surface area contributed by atoms with Crippen LogP contribution in [0.3, 0.4) is 0 Å². The van der Waals surface area contributed by atoms with Crippen LogP contribution in [0.25, 0.3) is 0 Å². The first-order valence-electron chi connectivity index (χ1n) is 11.2. The van der Waals surface area contributed by atoms with E-state index < -0.39 is 5.60 Å². The van der Waals surface area contributed by atoms with Crippen molar-refractivity contribution in [2.75, 3.05) is 26.3 Å². The van der Waals surface area contributed by atoms with Gasteiger partial charge in [-0.25, -0.2) is 4.79 Å². The van der Waals surface area contributed by atoms with Crippen LogP contribution in [-0.2, 0) is 22.3 Å². The van der Waals surface area contributed by atoms with E-state index >= 15 is 0 Å². The molecule has 168 valence electrons. The summed E-state index contributed by atoms with van der Waals surface area (Å²) >= 11 is 0. The van der Waals surface area contributed by atoms with E-state index in [2.05, 4.69) is 42.5 Å². The highest BCUT2D eigenvalue weighted by atomic mass is 16.6. The molecule has 5 heteroatoms. The minimum Gasteiger partial charge on any atom is -0.491 e. The lowest BCUT2D eigenvalue weighted by atomic mass is 10.0. The molecule has 0 saturated carbocycles. The highest BCUT2D eigenvalue weighted by Crippen LogP contribution is 2.22. The molecular weight excluding hydrogens is 390 g/mol. The van der Waals surface area contributed by atoms with Crippen LogP contribution in [0.1, 0.15) is 44.7 Å². The van der Waals surface area contributed by atoms with E-state index in [1.165, 1.54) is 11.1 Å². The standard InChI is InChI=1S/C26H35NO4/c1-26(2,3)31-25(28)27-17-18-29-23(19-27)20-30-24-16-10-9-15-22(24)14-8-7-13-21-11-5-4-6-12-21/h4-6,9-12,15-16,23H,7-8,13-14,17-20H2,1-3H3. The lowest BCUT2D eigenvalue weighted by Crippen LogP contribution is -2.49. The maximum absolute atomic E-state index is 12.3. The van der Waals surface area contributed by atoms with Crippen molar-refractivity contribution in [2.45, 2.75) is 58.2 Å². The average Bonchev–Trinajstić information content (AvgIpc) is 2.76. The molecule has 1 saturated heterocycles. The number of ether oxygens (including phenoxy) is 3. The summed E-state index contributed by atoms with van der Waals surface area (Å²) in [5.74, 6) is 0.903. The lowest BCUT2D eigenvalue weighted by Gasteiger charge is -2.34. The molecule has 31 heavy (non-hydrogen) atoms. The van der Waals surface area contributed by atoms with Crippen molar-refractivity contribution in [3.05, 3.63) is 65.7 Å². The molecule has 2 aromatic carbocycles. The van der Waals surface area contributed by atoms with Crippen LogP contribution in [0, 0.1) is 0 Å². The Bertz CT molecular complexity index is 816. The third kappa shape index (κ3) is 7.91. The molecule has 1 heterocycles. The van der Waals surface area contributed by atoms with Crippen molar-refractivity contribution < 1.29 is 19.0 Å². The zero-order chi connectivity index (χ0) is 22.1. The molecule has 0 aromatic heterocycles. The molecule has 1 aliphatic rings. The van der Waals surface area contributed by atoms with Gasteiger partial charge in [0.1, 0.15) is 24.1 Å². The number of para-hydroxylation sites is 1. The van der Waals surface area contributed by atoms with Gasteiger partial charge in [-0.15, -0.1) is 0 Å². The third-order valence-electron chi connectivity index (χ3n) is 5.19. The highest BCUT2D eigenvalue weighted by Gasteiger charge is 2.28. The number of unbranched alkanes of at least 4 members (excludes halogenated alkanes) is 1. The average molecular weight is 426 g/mol. The summed E-state index contributed by atoms with van der Waals surface area (Å²) in [4.78, 5) is 14.1. The normalized spacial score (nSPS) is 16.7. The predicted molar refractivity (Wildman–Crippen MR) is 123 cm³/mol. The van der Waals surface area contributed by atoms with Gasteiger partial charge in [-0.3, -0.25) is 0 Å². The number of hydrogen-bond acceptors (Lipinski definition) is 4. The molecule has 0 bridgehead atoms. The van der Waals surface area contributed by atoms with Gasteiger partial charge in [-0.2, -0.15) is 0 Å². The lowest BCUT2D eigenvalue weighted by molar-refractivity contribution is -0.0558. The second kappa shape index (κ2) is 11.2. The van der Waals surface area contributed by atoms with E-state index in [0.29, 0.717) is 26.3 Å². The fraction of sp³-hybridized carbons (Fsp3) is 0.500. The Hall–Kier alpha value is -2.53. The fourth-order valence-corrected chi connectivity index (χ4v) is 3.64. The number of benzene rings is 2. The number of carbonyl (C=O) groups is 1. The summed E-state index contributed by atoms with van der Waals surface area (Å²) in [6.07, 6.45) is 3.89. The molecule has 1 fully saturated rings. The van der Waals surface area contributed by atoms with Crippen molar-refractivity contribution in [3.63, 3.8) is 0 Å². The Morgan fingerprint density at radius 2 is 1.74 bits per heavy atom. The molecule has 3 rings (SSSR count). The molecule has 1 atom stereocenters. The maximum Gasteiger partial charge on any atom is 0.410 e. The summed E-state index contributed by atoms with van der Waals surface area (Å²) in [6.45, 7) is 7.57. The molecule has 0 N–H and O–H groups in total. The van der Waals surface area contributed by atoms with Crippen LogP contribution in [-0.4, -0.2) is 49.0 Å². The Balaban J connectivity index is 1.46. The number of rotatable bonds is 8. The summed E-state index contributed by atoms with van der Waals surface area (Å²) in [5.41, 5.74) is 2.10. The molecule has 5 nitrogen and oxygen atoms in total. The summed E-state index contributed by atoms with van der Waals surface area (Å²) in [6, 6.07) is 18.8. The van der Waals surface area contributed by atoms with Gasteiger partial charge in [-0.05, 0) is 63.6 Å². The van der Waals surface area contributed by atoms with Crippen LogP contribution in [0.4, 0.5) is 4.79 Å². The van der Waals surface area contributed by atoms with E-state index in [0.717, 1.165) is 31.4 Å². The van der Waals surface area contributed by atoms with E-state index in [4.69, 9.17) is 14.2 Å². The Morgan fingerprint density at radius 3 is 2.52 bits per heavy atom. The maximum atomic E-state index is 12.3. The van der Waals surface area contributed by atoms with Crippen molar-refractivity contribution in [3.8, 4) is 5.75 Å². The first-order valence-corrected chi connectivity index (χ1v) is 11.2. The van der Waals surface area contributed by atoms with Crippen molar-refractivity contribution in [1.82, 2.24) is 4.90 Å². The van der Waals surface area contributed by atoms with Gasteiger partial charge in [-0.1, -0.05) is 48.5 Å². The zero-order valence-corrected chi connectivity index (χ0v) is 19.0. The van der Waals surface area contributed by atoms with Crippen LogP contribution < -0.4 is 4.74 Å². The summed E-state index contributed by atoms with van der Waals surface area (Å²) < 4.78 is 17.4. The number of carbonyl (C=O) groups excluding carboxylic acids is 1. The first-order chi connectivity index (χ1) is 14.9. The van der Waals surface area contributed by atoms with Crippen LogP contribution in [0.15, 0.2) is 54.6 Å². The first kappa shape index (κ1) is 23.1. The van der Waals surface area contributed by atoms with Crippen LogP contribution in [0.2, 0.25) is 0 Å². The number of nitrogens with zero attached hydrogens (tertiary/aromatic N) is 1. The quantitative estimate of drug-likeness (QED) is 0.541. The zero-order valence-electron chi connectivity index (χ0n) is 19.0. The van der Waals surface area contributed by atoms with Gasteiger partial charge in [0.25, 0.3) is 0 Å². The van der Waals surface area contributed by atoms with Gasteiger partial charge in [0.15, 0.2) is 0 Å². The van der Waals surface area contributed by atoms with E-state index in [1.807, 2.05) is 32.9 Å². The van der Waals surface area contributed by atoms with Gasteiger partial charge in [0, 0.05) is 6.54 Å². The Morgan fingerprint density at radius 1 is 1.03 bits per heavy atom. The number of morpholine rings is 1. The van der Waals surface area contributed by atoms with Gasteiger partial charge in [0.05, 0.1) is 13.2 Å². The molecule has 0 radical (unpaired) electrons. The molecule has 1 unspecified atom stereocenters. The van der Waals surface area contributed by atoms with Gasteiger partial charge >= 0.3 is 6.09 Å². The summed E-state index contributed by atoms with van der Waals surface area (Å²) in [7, 11) is 0. The SMILES string of the molecule is CC(C)(C)OC(=O)N1CCOC(COc2ccccc2CCCCc2ccccc2)C1. The van der Waals surface area contributed by atoms with E-state index in [9.17, 15) is 4.79 Å². The Kier molecular flexibility index (Phi) is 8.35. The van der Waals surface area contributed by atoms with Crippen LogP contribution in [0.5, 0.6) is 5.75 Å². The molecule has 0 spiro atoms. The number of aryl methyl sites for hydroxylation is 2. The summed E-state index contributed by atoms with van der Waals surface area (Å²) in [5, 5.41) is 0. The van der Waals surface area contributed by atoms with Gasteiger partial charge in [0.2, 0.25) is 0 Å². The van der Waals surface area contributed by atoms with Crippen molar-refractivity contribution >= 4 is 6.09 Å². The van der Waals surface area contributed by atoms with E-state index in [-0.39, 0.29) is 12.2 Å². The Labute approximate surface area is 186 Å². The molecule has 2 aromatic rings. The van der Waals surface area contributed by atoms with Gasteiger partial charge < -0.3 is 19.1 Å². The molecular formula is C26H35NO4. The minimum absolute atomic E-state index is 0.160. The highest BCUT2D eigenvalue weighted by molar-refractivity contribution is 5.68. The molecule has 1 amide bonds. The van der Waals surface area contributed by atoms with Crippen LogP contribution >= 0.6 is 0 Å². The number of amides is 1. The largest absolute Gasteiger partial charge is 0.491 e. The predicted octanol–water partition coefficient (Wildman–Crippen LogP) is 5.27. The molecule has 1 aliphatic heterocycles. The smallest absolute Gasteiger partial charge is 0.410 e. The monoisotopic (exact) mass is 425 g/mol.